The highest BCUT2D eigenvalue weighted by molar-refractivity contribution is 5.90. The minimum atomic E-state index is -0.542. The first kappa shape index (κ1) is 6.73. The van der Waals surface area contributed by atoms with Crippen LogP contribution in [0.2, 0.25) is 0 Å². The van der Waals surface area contributed by atoms with Crippen LogP contribution in [0, 0.1) is 0 Å². The third-order valence-electron chi connectivity index (χ3n) is 1.12. The Kier molecular flexibility index (Phi) is 1.66. The smallest absolute Gasteiger partial charge is 0.270 e. The van der Waals surface area contributed by atoms with Crippen LogP contribution in [-0.4, -0.2) is 20.9 Å². The van der Waals surface area contributed by atoms with Crippen molar-refractivity contribution in [2.75, 3.05) is 0 Å². The maximum atomic E-state index is 10.4. The Balaban J connectivity index is 2.88. The first-order valence-corrected chi connectivity index (χ1v) is 2.94. The summed E-state index contributed by atoms with van der Waals surface area (Å²) in [4.78, 5) is 10.4. The van der Waals surface area contributed by atoms with Gasteiger partial charge in [-0.3, -0.25) is 9.48 Å². The molecule has 0 aliphatic carbocycles. The Morgan fingerprint density at radius 2 is 2.60 bits per heavy atom. The number of amides is 1. The van der Waals surface area contributed by atoms with Gasteiger partial charge in [0.1, 0.15) is 0 Å². The van der Waals surface area contributed by atoms with Gasteiger partial charge in [-0.2, -0.15) is 0 Å². The molecule has 0 radical (unpaired) electrons. The predicted octanol–water partition coefficient (Wildman–Crippen LogP) is -0.603. The van der Waals surface area contributed by atoms with Crippen LogP contribution >= 0.6 is 0 Å². The third kappa shape index (κ3) is 1.12. The van der Waals surface area contributed by atoms with Gasteiger partial charge in [-0.15, -0.1) is 5.10 Å². The molecule has 0 saturated carbocycles. The van der Waals surface area contributed by atoms with E-state index >= 15 is 0 Å². The van der Waals surface area contributed by atoms with Crippen molar-refractivity contribution < 1.29 is 4.79 Å². The molecule has 0 unspecified atom stereocenters. The molecule has 0 saturated heterocycles. The number of nitrogens with zero attached hydrogens (tertiary/aromatic N) is 3. The number of primary amides is 1. The first-order valence-electron chi connectivity index (χ1n) is 2.94. The van der Waals surface area contributed by atoms with E-state index in [9.17, 15) is 4.79 Å². The molecule has 0 aromatic carbocycles. The number of hydrogen-bond donors (Lipinski definition) is 1. The van der Waals surface area contributed by atoms with Gasteiger partial charge in [-0.1, -0.05) is 5.21 Å². The summed E-state index contributed by atoms with van der Waals surface area (Å²) in [5.41, 5.74) is 5.14. The predicted molar refractivity (Wildman–Crippen MR) is 34.2 cm³/mol. The van der Waals surface area contributed by atoms with Crippen molar-refractivity contribution in [2.45, 2.75) is 13.5 Å². The molecule has 0 spiro atoms. The third-order valence-corrected chi connectivity index (χ3v) is 1.12. The van der Waals surface area contributed by atoms with E-state index in [1.54, 1.807) is 4.68 Å². The molecule has 0 aliphatic heterocycles. The number of rotatable bonds is 2. The average molecular weight is 140 g/mol. The van der Waals surface area contributed by atoms with Crippen molar-refractivity contribution in [2.24, 2.45) is 5.73 Å². The molecule has 5 nitrogen and oxygen atoms in total. The minimum Gasteiger partial charge on any atom is -0.364 e. The average Bonchev–Trinajstić information content (AvgIpc) is 2.34. The fourth-order valence-corrected chi connectivity index (χ4v) is 0.566. The fraction of sp³-hybridized carbons (Fsp3) is 0.400. The number of aromatic nitrogens is 3. The Hall–Kier alpha value is -1.39. The van der Waals surface area contributed by atoms with Crippen molar-refractivity contribution in [3.05, 3.63) is 11.9 Å². The molecule has 0 aliphatic rings. The molecule has 0 fully saturated rings. The van der Waals surface area contributed by atoms with E-state index in [1.807, 2.05) is 6.92 Å². The van der Waals surface area contributed by atoms with Gasteiger partial charge in [0.15, 0.2) is 5.69 Å². The number of nitrogens with two attached hydrogens (primary N) is 1. The van der Waals surface area contributed by atoms with Gasteiger partial charge in [0, 0.05) is 6.54 Å². The van der Waals surface area contributed by atoms with E-state index in [-0.39, 0.29) is 5.69 Å². The molecule has 0 bridgehead atoms. The molecule has 1 rings (SSSR count). The lowest BCUT2D eigenvalue weighted by molar-refractivity contribution is 0.0995. The van der Waals surface area contributed by atoms with Crippen LogP contribution in [0.5, 0.6) is 0 Å². The van der Waals surface area contributed by atoms with Crippen molar-refractivity contribution in [3.8, 4) is 0 Å². The van der Waals surface area contributed by atoms with Crippen molar-refractivity contribution in [3.63, 3.8) is 0 Å². The molecular formula is C5H8N4O. The lowest BCUT2D eigenvalue weighted by Crippen LogP contribution is -2.11. The SMILES string of the molecule is CCn1cc(C(N)=O)nn1. The summed E-state index contributed by atoms with van der Waals surface area (Å²) in [6.45, 7) is 2.60. The summed E-state index contributed by atoms with van der Waals surface area (Å²) in [5.74, 6) is -0.542. The number of hydrogen-bond acceptors (Lipinski definition) is 3. The number of carbonyl (C=O) groups excluding carboxylic acids is 1. The van der Waals surface area contributed by atoms with Crippen molar-refractivity contribution in [1.82, 2.24) is 15.0 Å². The summed E-state index contributed by atoms with van der Waals surface area (Å²) in [7, 11) is 0. The largest absolute Gasteiger partial charge is 0.364 e. The molecular weight excluding hydrogens is 132 g/mol. The normalized spacial score (nSPS) is 9.70. The Labute approximate surface area is 57.8 Å². The summed E-state index contributed by atoms with van der Waals surface area (Å²) >= 11 is 0. The highest BCUT2D eigenvalue weighted by Crippen LogP contribution is 1.89. The second-order valence-corrected chi connectivity index (χ2v) is 1.82. The van der Waals surface area contributed by atoms with Gasteiger partial charge >= 0.3 is 0 Å². The monoisotopic (exact) mass is 140 g/mol. The van der Waals surface area contributed by atoms with Crippen LogP contribution in [0.1, 0.15) is 17.4 Å². The molecule has 54 valence electrons. The Morgan fingerprint density at radius 1 is 1.90 bits per heavy atom. The topological polar surface area (TPSA) is 73.8 Å². The van der Waals surface area contributed by atoms with Gasteiger partial charge < -0.3 is 5.73 Å². The molecule has 5 heteroatoms. The fourth-order valence-electron chi connectivity index (χ4n) is 0.566. The molecule has 1 aromatic rings. The van der Waals surface area contributed by atoms with E-state index in [0.717, 1.165) is 0 Å². The van der Waals surface area contributed by atoms with Crippen molar-refractivity contribution >= 4 is 5.91 Å². The molecule has 2 N–H and O–H groups in total. The quantitative estimate of drug-likeness (QED) is 0.595. The summed E-state index contributed by atoms with van der Waals surface area (Å²) < 4.78 is 1.54. The van der Waals surface area contributed by atoms with Gasteiger partial charge in [0.25, 0.3) is 5.91 Å². The molecule has 1 aromatic heterocycles. The molecule has 10 heavy (non-hydrogen) atoms. The zero-order valence-electron chi connectivity index (χ0n) is 5.61. The Bertz CT molecular complexity index is 242. The zero-order chi connectivity index (χ0) is 7.56. The van der Waals surface area contributed by atoms with Crippen LogP contribution in [0.25, 0.3) is 0 Å². The molecule has 0 atom stereocenters. The van der Waals surface area contributed by atoms with Crippen LogP contribution in [0.3, 0.4) is 0 Å². The maximum absolute atomic E-state index is 10.4. The maximum Gasteiger partial charge on any atom is 0.270 e. The van der Waals surface area contributed by atoms with Crippen molar-refractivity contribution in [1.29, 1.82) is 0 Å². The number of aryl methyl sites for hydroxylation is 1. The van der Waals surface area contributed by atoms with Crippen LogP contribution < -0.4 is 5.73 Å². The van der Waals surface area contributed by atoms with Gasteiger partial charge in [0.05, 0.1) is 6.20 Å². The molecule has 1 amide bonds. The second-order valence-electron chi connectivity index (χ2n) is 1.82. The first-order chi connectivity index (χ1) is 4.74. The highest BCUT2D eigenvalue weighted by atomic mass is 16.1. The Morgan fingerprint density at radius 3 is 2.90 bits per heavy atom. The van der Waals surface area contributed by atoms with E-state index < -0.39 is 5.91 Å². The van der Waals surface area contributed by atoms with E-state index in [1.165, 1.54) is 6.20 Å². The van der Waals surface area contributed by atoms with Gasteiger partial charge in [-0.05, 0) is 6.92 Å². The zero-order valence-corrected chi connectivity index (χ0v) is 5.61. The van der Waals surface area contributed by atoms with E-state index in [2.05, 4.69) is 10.3 Å². The van der Waals surface area contributed by atoms with E-state index in [0.29, 0.717) is 6.54 Å². The van der Waals surface area contributed by atoms with E-state index in [4.69, 9.17) is 5.73 Å². The van der Waals surface area contributed by atoms with Crippen LogP contribution in [0.15, 0.2) is 6.20 Å². The standard InChI is InChI=1S/C5H8N4O/c1-2-9-3-4(5(6)10)7-8-9/h3H,2H2,1H3,(H2,6,10). The summed E-state index contributed by atoms with van der Waals surface area (Å²) in [5, 5.41) is 7.15. The summed E-state index contributed by atoms with van der Waals surface area (Å²) in [6, 6.07) is 0. The lowest BCUT2D eigenvalue weighted by atomic mass is 10.5. The summed E-state index contributed by atoms with van der Waals surface area (Å²) in [6.07, 6.45) is 1.52. The highest BCUT2D eigenvalue weighted by Gasteiger charge is 2.03. The number of carbonyl (C=O) groups is 1. The van der Waals surface area contributed by atoms with Crippen LogP contribution in [-0.2, 0) is 6.54 Å². The van der Waals surface area contributed by atoms with Gasteiger partial charge in [0.2, 0.25) is 0 Å². The lowest BCUT2D eigenvalue weighted by Gasteiger charge is -1.86. The molecule has 1 heterocycles. The van der Waals surface area contributed by atoms with Crippen LogP contribution in [0.4, 0.5) is 0 Å². The second kappa shape index (κ2) is 2.47. The van der Waals surface area contributed by atoms with Gasteiger partial charge in [-0.25, -0.2) is 0 Å². The minimum absolute atomic E-state index is 0.210.